The van der Waals surface area contributed by atoms with Gasteiger partial charge in [0, 0.05) is 32.4 Å². The largest absolute Gasteiger partial charge is 0.378 e. The van der Waals surface area contributed by atoms with Crippen molar-refractivity contribution in [2.75, 3.05) is 20.2 Å². The lowest BCUT2D eigenvalue weighted by Gasteiger charge is -2.19. The number of ether oxygens (including phenoxy) is 1. The fraction of sp³-hybridized carbons (Fsp3) is 0.750. The Hall–Kier alpha value is -1.47. The summed E-state index contributed by atoms with van der Waals surface area (Å²) < 4.78 is 6.96. The summed E-state index contributed by atoms with van der Waals surface area (Å²) in [4.78, 5) is 14.2. The fourth-order valence-electron chi connectivity index (χ4n) is 2.32. The predicted molar refractivity (Wildman–Crippen MR) is 69.5 cm³/mol. The third-order valence-electron chi connectivity index (χ3n) is 3.45. The highest BCUT2D eigenvalue weighted by Gasteiger charge is 2.34. The Kier molecular flexibility index (Phi) is 4.49. The summed E-state index contributed by atoms with van der Waals surface area (Å²) in [7, 11) is 1.69. The summed E-state index contributed by atoms with van der Waals surface area (Å²) in [6.07, 6.45) is 3.27. The molecule has 0 spiro atoms. The van der Waals surface area contributed by atoms with Gasteiger partial charge < -0.3 is 10.1 Å². The van der Waals surface area contributed by atoms with E-state index in [4.69, 9.17) is 4.74 Å². The zero-order valence-electron chi connectivity index (χ0n) is 11.6. The highest BCUT2D eigenvalue weighted by Crippen LogP contribution is 2.15. The molecule has 1 aliphatic heterocycles. The van der Waals surface area contributed by atoms with Crippen molar-refractivity contribution in [2.45, 2.75) is 38.6 Å². The van der Waals surface area contributed by atoms with Crippen molar-refractivity contribution in [2.24, 2.45) is 0 Å². The molecule has 1 aromatic rings. The molecule has 0 saturated carbocycles. The molecule has 1 saturated heterocycles. The maximum absolute atomic E-state index is 11.9. The Morgan fingerprint density at radius 3 is 2.89 bits per heavy atom. The third kappa shape index (κ3) is 3.51. The monoisotopic (exact) mass is 267 g/mol. The molecule has 7 nitrogen and oxygen atoms in total. The van der Waals surface area contributed by atoms with Gasteiger partial charge >= 0.3 is 0 Å². The summed E-state index contributed by atoms with van der Waals surface area (Å²) in [5.74, 6) is -0.0665. The maximum Gasteiger partial charge on any atom is 0.242 e. The Bertz CT molecular complexity index is 406. The van der Waals surface area contributed by atoms with Crippen molar-refractivity contribution in [1.82, 2.24) is 25.2 Å². The van der Waals surface area contributed by atoms with Gasteiger partial charge in [-0.05, 0) is 13.8 Å². The van der Waals surface area contributed by atoms with Crippen molar-refractivity contribution in [3.8, 4) is 0 Å². The van der Waals surface area contributed by atoms with E-state index in [1.54, 1.807) is 19.5 Å². The highest BCUT2D eigenvalue weighted by molar-refractivity contribution is 5.76. The van der Waals surface area contributed by atoms with Gasteiger partial charge in [0.1, 0.15) is 6.54 Å². The number of carbonyl (C=O) groups excluding carboxylic acids is 1. The molecule has 2 heterocycles. The number of rotatable bonds is 5. The summed E-state index contributed by atoms with van der Waals surface area (Å²) in [6.45, 7) is 6.15. The van der Waals surface area contributed by atoms with E-state index >= 15 is 0 Å². The molecule has 1 aromatic heterocycles. The molecule has 2 rings (SSSR count). The smallest absolute Gasteiger partial charge is 0.242 e. The van der Waals surface area contributed by atoms with Crippen molar-refractivity contribution in [3.05, 3.63) is 12.4 Å². The van der Waals surface area contributed by atoms with Crippen LogP contribution in [0.1, 0.15) is 13.8 Å². The number of likely N-dealkylation sites (tertiary alicyclic amines) is 1. The summed E-state index contributed by atoms with van der Waals surface area (Å²) in [6, 6.07) is 0.485. The van der Waals surface area contributed by atoms with Crippen LogP contribution in [0.5, 0.6) is 0 Å². The molecule has 0 aromatic carbocycles. The molecule has 2 atom stereocenters. The van der Waals surface area contributed by atoms with Crippen LogP contribution in [0.25, 0.3) is 0 Å². The standard InChI is InChI=1S/C12H21N5O2/c1-9(2)16-6-10(11(7-16)19-3)14-12(18)8-17-5-4-13-15-17/h4-5,9-11H,6-8H2,1-3H3,(H,14,18)/t10-,11-/m0/s1. The van der Waals surface area contributed by atoms with E-state index in [1.807, 2.05) is 0 Å². The van der Waals surface area contributed by atoms with Gasteiger partial charge in [0.05, 0.1) is 18.3 Å². The van der Waals surface area contributed by atoms with E-state index in [0.717, 1.165) is 13.1 Å². The lowest BCUT2D eigenvalue weighted by molar-refractivity contribution is -0.123. The van der Waals surface area contributed by atoms with Crippen LogP contribution in [0.15, 0.2) is 12.4 Å². The lowest BCUT2D eigenvalue weighted by Crippen LogP contribution is -2.45. The molecule has 106 valence electrons. The van der Waals surface area contributed by atoms with Gasteiger partial charge in [0.25, 0.3) is 0 Å². The first kappa shape index (κ1) is 14.0. The third-order valence-corrected chi connectivity index (χ3v) is 3.45. The van der Waals surface area contributed by atoms with Crippen LogP contribution in [0, 0.1) is 0 Å². The average molecular weight is 267 g/mol. The Balaban J connectivity index is 1.88. The SMILES string of the molecule is CO[C@H]1CN(C(C)C)C[C@@H]1NC(=O)Cn1ccnn1. The van der Waals surface area contributed by atoms with Gasteiger partial charge in [-0.3, -0.25) is 9.69 Å². The lowest BCUT2D eigenvalue weighted by atomic mass is 10.2. The molecule has 7 heteroatoms. The number of hydrogen-bond acceptors (Lipinski definition) is 5. The highest BCUT2D eigenvalue weighted by atomic mass is 16.5. The minimum atomic E-state index is -0.0665. The van der Waals surface area contributed by atoms with Crippen LogP contribution in [-0.4, -0.2) is 64.2 Å². The van der Waals surface area contributed by atoms with E-state index < -0.39 is 0 Å². The molecule has 0 bridgehead atoms. The summed E-state index contributed by atoms with van der Waals surface area (Å²) in [5.41, 5.74) is 0. The molecule has 0 aliphatic carbocycles. The van der Waals surface area contributed by atoms with E-state index in [2.05, 4.69) is 34.4 Å². The second kappa shape index (κ2) is 6.12. The van der Waals surface area contributed by atoms with Gasteiger partial charge in [0.2, 0.25) is 5.91 Å². The van der Waals surface area contributed by atoms with Crippen molar-refractivity contribution in [1.29, 1.82) is 0 Å². The topological polar surface area (TPSA) is 72.3 Å². The van der Waals surface area contributed by atoms with Gasteiger partial charge in [-0.15, -0.1) is 5.10 Å². The number of carbonyl (C=O) groups is 1. The number of amides is 1. The second-order valence-electron chi connectivity index (χ2n) is 5.10. The van der Waals surface area contributed by atoms with Crippen LogP contribution >= 0.6 is 0 Å². The fourth-order valence-corrected chi connectivity index (χ4v) is 2.32. The van der Waals surface area contributed by atoms with Crippen LogP contribution in [0.4, 0.5) is 0 Å². The van der Waals surface area contributed by atoms with Gasteiger partial charge in [-0.2, -0.15) is 0 Å². The minimum absolute atomic E-state index is 0.0309. The first-order valence-corrected chi connectivity index (χ1v) is 6.50. The zero-order valence-corrected chi connectivity index (χ0v) is 11.6. The van der Waals surface area contributed by atoms with Crippen molar-refractivity contribution < 1.29 is 9.53 Å². The van der Waals surface area contributed by atoms with E-state index in [1.165, 1.54) is 4.68 Å². The van der Waals surface area contributed by atoms with E-state index in [-0.39, 0.29) is 24.6 Å². The molecule has 1 fully saturated rings. The average Bonchev–Trinajstić information content (AvgIpc) is 2.98. The number of hydrogen-bond donors (Lipinski definition) is 1. The first-order valence-electron chi connectivity index (χ1n) is 6.50. The van der Waals surface area contributed by atoms with Crippen LogP contribution in [0.2, 0.25) is 0 Å². The van der Waals surface area contributed by atoms with Gasteiger partial charge in [0.15, 0.2) is 0 Å². The zero-order chi connectivity index (χ0) is 13.8. The van der Waals surface area contributed by atoms with Crippen molar-refractivity contribution in [3.63, 3.8) is 0 Å². The Morgan fingerprint density at radius 1 is 1.53 bits per heavy atom. The number of methoxy groups -OCH3 is 1. The van der Waals surface area contributed by atoms with Crippen LogP contribution < -0.4 is 5.32 Å². The van der Waals surface area contributed by atoms with E-state index in [9.17, 15) is 4.79 Å². The normalized spacial score (nSPS) is 24.0. The van der Waals surface area contributed by atoms with E-state index in [0.29, 0.717) is 6.04 Å². The molecular formula is C12H21N5O2. The molecule has 19 heavy (non-hydrogen) atoms. The molecule has 1 N–H and O–H groups in total. The molecule has 1 aliphatic rings. The van der Waals surface area contributed by atoms with Crippen molar-refractivity contribution >= 4 is 5.91 Å². The molecule has 0 unspecified atom stereocenters. The van der Waals surface area contributed by atoms with Gasteiger partial charge in [-0.25, -0.2) is 4.68 Å². The summed E-state index contributed by atoms with van der Waals surface area (Å²) >= 11 is 0. The Morgan fingerprint density at radius 2 is 2.32 bits per heavy atom. The summed E-state index contributed by atoms with van der Waals surface area (Å²) in [5, 5.41) is 10.5. The number of nitrogens with zero attached hydrogens (tertiary/aromatic N) is 4. The molecule has 0 radical (unpaired) electrons. The molecular weight excluding hydrogens is 246 g/mol. The van der Waals surface area contributed by atoms with Crippen LogP contribution in [0.3, 0.4) is 0 Å². The van der Waals surface area contributed by atoms with Gasteiger partial charge in [-0.1, -0.05) is 5.21 Å². The first-order chi connectivity index (χ1) is 9.10. The predicted octanol–water partition coefficient (Wildman–Crippen LogP) is -0.498. The second-order valence-corrected chi connectivity index (χ2v) is 5.10. The number of nitrogens with one attached hydrogen (secondary N) is 1. The number of aromatic nitrogens is 3. The quantitative estimate of drug-likeness (QED) is 0.779. The molecule has 1 amide bonds. The maximum atomic E-state index is 11.9. The Labute approximate surface area is 112 Å². The minimum Gasteiger partial charge on any atom is -0.378 e. The van der Waals surface area contributed by atoms with Crippen LogP contribution in [-0.2, 0) is 16.1 Å².